The molecule has 4 amide bonds. The van der Waals surface area contributed by atoms with Crippen LogP contribution in [0.1, 0.15) is 156 Å². The Balaban J connectivity index is 2.39. The highest BCUT2D eigenvalue weighted by atomic mass is 16.2. The number of amides is 4. The van der Waals surface area contributed by atoms with Gasteiger partial charge in [-0.25, -0.2) is 0 Å². The molecule has 1 fully saturated rings. The summed E-state index contributed by atoms with van der Waals surface area (Å²) in [7, 11) is 0. The first-order chi connectivity index (χ1) is 20.7. The molecule has 9 nitrogen and oxygen atoms in total. The molecule has 6 N–H and O–H groups in total. The highest BCUT2D eigenvalue weighted by molar-refractivity contribution is 5.94. The van der Waals surface area contributed by atoms with Gasteiger partial charge in [0.15, 0.2) is 0 Å². The van der Waals surface area contributed by atoms with Gasteiger partial charge in [0, 0.05) is 13.0 Å². The van der Waals surface area contributed by atoms with E-state index in [4.69, 9.17) is 11.5 Å². The maximum Gasteiger partial charge on any atom is 0.245 e. The minimum absolute atomic E-state index is 0.116. The Bertz CT molecular complexity index is 791. The maximum atomic E-state index is 13.6. The van der Waals surface area contributed by atoms with E-state index in [1.807, 2.05) is 13.8 Å². The highest BCUT2D eigenvalue weighted by Gasteiger charge is 2.38. The van der Waals surface area contributed by atoms with Crippen molar-refractivity contribution in [2.45, 2.75) is 174 Å². The van der Waals surface area contributed by atoms with E-state index in [0.717, 1.165) is 25.7 Å². The average Bonchev–Trinajstić information content (AvgIpc) is 3.47. The number of likely N-dealkylation sites (tertiary alicyclic amines) is 1. The van der Waals surface area contributed by atoms with Crippen LogP contribution in [0.25, 0.3) is 0 Å². The number of primary amides is 1. The topological polar surface area (TPSA) is 148 Å². The monoisotopic (exact) mass is 608 g/mol. The van der Waals surface area contributed by atoms with Crippen molar-refractivity contribution in [2.75, 3.05) is 13.1 Å². The van der Waals surface area contributed by atoms with E-state index >= 15 is 0 Å². The molecule has 0 aliphatic carbocycles. The van der Waals surface area contributed by atoms with E-state index in [2.05, 4.69) is 17.6 Å². The minimum Gasteiger partial charge on any atom is -0.368 e. The zero-order valence-electron chi connectivity index (χ0n) is 27.8. The first-order valence-electron chi connectivity index (χ1n) is 17.6. The second-order valence-corrected chi connectivity index (χ2v) is 12.9. The van der Waals surface area contributed by atoms with E-state index in [1.54, 1.807) is 4.90 Å². The lowest BCUT2D eigenvalue weighted by Crippen LogP contribution is -2.56. The van der Waals surface area contributed by atoms with Gasteiger partial charge in [0.2, 0.25) is 23.6 Å². The number of hydrogen-bond donors (Lipinski definition) is 4. The number of nitrogens with zero attached hydrogens (tertiary/aromatic N) is 1. The molecule has 1 aliphatic rings. The van der Waals surface area contributed by atoms with Crippen LogP contribution in [0.2, 0.25) is 0 Å². The number of carbonyl (C=O) groups is 4. The lowest BCUT2D eigenvalue weighted by molar-refractivity contribution is -0.142. The van der Waals surface area contributed by atoms with Crippen molar-refractivity contribution in [3.05, 3.63) is 0 Å². The lowest BCUT2D eigenvalue weighted by Gasteiger charge is -2.30. The summed E-state index contributed by atoms with van der Waals surface area (Å²) in [6, 6.07) is -2.14. The van der Waals surface area contributed by atoms with Crippen LogP contribution in [0, 0.1) is 5.92 Å². The zero-order chi connectivity index (χ0) is 31.9. The molecular formula is C34H65N5O4. The Kier molecular flexibility index (Phi) is 21.9. The van der Waals surface area contributed by atoms with Crippen molar-refractivity contribution in [1.82, 2.24) is 15.5 Å². The van der Waals surface area contributed by atoms with Gasteiger partial charge in [-0.15, -0.1) is 0 Å². The minimum atomic E-state index is -0.792. The molecule has 0 bridgehead atoms. The smallest absolute Gasteiger partial charge is 0.245 e. The summed E-state index contributed by atoms with van der Waals surface area (Å²) in [5, 5.41) is 5.70. The summed E-state index contributed by atoms with van der Waals surface area (Å²) in [6.45, 7) is 6.86. The molecule has 0 radical (unpaired) electrons. The Hall–Kier alpha value is -2.16. The molecule has 1 saturated heterocycles. The first-order valence-corrected chi connectivity index (χ1v) is 17.6. The van der Waals surface area contributed by atoms with Gasteiger partial charge < -0.3 is 27.0 Å². The quantitative estimate of drug-likeness (QED) is 0.0962. The van der Waals surface area contributed by atoms with E-state index in [1.165, 1.54) is 77.0 Å². The third-order valence-electron chi connectivity index (χ3n) is 8.70. The van der Waals surface area contributed by atoms with Crippen molar-refractivity contribution < 1.29 is 19.2 Å². The van der Waals surface area contributed by atoms with Gasteiger partial charge in [0.1, 0.15) is 18.1 Å². The molecule has 250 valence electrons. The molecule has 3 atom stereocenters. The third-order valence-corrected chi connectivity index (χ3v) is 8.70. The number of nitrogens with one attached hydrogen (secondary N) is 2. The van der Waals surface area contributed by atoms with E-state index in [9.17, 15) is 19.2 Å². The summed E-state index contributed by atoms with van der Waals surface area (Å²) in [5.41, 5.74) is 11.1. The van der Waals surface area contributed by atoms with Gasteiger partial charge in [-0.1, -0.05) is 111 Å². The van der Waals surface area contributed by atoms with Crippen LogP contribution in [0.5, 0.6) is 0 Å². The van der Waals surface area contributed by atoms with Crippen LogP contribution in [0.15, 0.2) is 0 Å². The molecule has 0 spiro atoms. The molecule has 0 unspecified atom stereocenters. The number of rotatable bonds is 26. The predicted octanol–water partition coefficient (Wildman–Crippen LogP) is 5.48. The predicted molar refractivity (Wildman–Crippen MR) is 175 cm³/mol. The lowest BCUT2D eigenvalue weighted by atomic mass is 10.0. The van der Waals surface area contributed by atoms with Crippen LogP contribution in [-0.2, 0) is 19.2 Å². The van der Waals surface area contributed by atoms with Crippen molar-refractivity contribution in [3.63, 3.8) is 0 Å². The molecule has 43 heavy (non-hydrogen) atoms. The summed E-state index contributed by atoms with van der Waals surface area (Å²) in [4.78, 5) is 52.8. The molecule has 1 aliphatic heterocycles. The van der Waals surface area contributed by atoms with Gasteiger partial charge in [-0.05, 0) is 51.0 Å². The normalized spacial score (nSPS) is 16.3. The molecule has 0 aromatic carbocycles. The van der Waals surface area contributed by atoms with Crippen LogP contribution >= 0.6 is 0 Å². The van der Waals surface area contributed by atoms with Gasteiger partial charge in [0.25, 0.3) is 0 Å². The molecule has 1 rings (SSSR count). The zero-order valence-corrected chi connectivity index (χ0v) is 27.8. The molecule has 0 aromatic rings. The Morgan fingerprint density at radius 1 is 0.767 bits per heavy atom. The third kappa shape index (κ3) is 17.1. The van der Waals surface area contributed by atoms with E-state index < -0.39 is 24.0 Å². The van der Waals surface area contributed by atoms with Crippen molar-refractivity contribution in [2.24, 2.45) is 17.4 Å². The van der Waals surface area contributed by atoms with Crippen molar-refractivity contribution in [1.29, 1.82) is 0 Å². The SMILES string of the molecule is CCCCCCCCCCCCCCCCCC(=O)N[C@@H](CCCCN)C(=O)N1CCC[C@H]1C(=O)N[C@H](C(N)=O)C(C)C. The van der Waals surface area contributed by atoms with Crippen molar-refractivity contribution in [3.8, 4) is 0 Å². The fourth-order valence-electron chi connectivity index (χ4n) is 5.99. The van der Waals surface area contributed by atoms with E-state index in [-0.39, 0.29) is 23.6 Å². The Morgan fingerprint density at radius 3 is 1.79 bits per heavy atom. The standard InChI is InChI=1S/C34H65N5O4/c1-4-5-6-7-8-9-10-11-12-13-14-15-16-17-18-24-30(40)37-28(22-19-20-25-35)34(43)39-26-21-23-29(39)33(42)38-31(27(2)3)32(36)41/h27-29,31H,4-26,35H2,1-3H3,(H2,36,41)(H,37,40)(H,38,42)/t28-,29-,31-/m0/s1. The molecule has 1 heterocycles. The molecule has 9 heteroatoms. The number of carbonyl (C=O) groups excluding carboxylic acids is 4. The maximum absolute atomic E-state index is 13.6. The summed E-state index contributed by atoms with van der Waals surface area (Å²) < 4.78 is 0. The van der Waals surface area contributed by atoms with Gasteiger partial charge in [-0.3, -0.25) is 19.2 Å². The first kappa shape index (κ1) is 38.9. The Labute approximate surface area is 262 Å². The molecule has 0 saturated carbocycles. The van der Waals surface area contributed by atoms with Crippen molar-refractivity contribution >= 4 is 23.6 Å². The number of hydrogen-bond acceptors (Lipinski definition) is 5. The van der Waals surface area contributed by atoms with Gasteiger partial charge >= 0.3 is 0 Å². The van der Waals surface area contributed by atoms with Crippen LogP contribution < -0.4 is 22.1 Å². The van der Waals surface area contributed by atoms with E-state index in [0.29, 0.717) is 45.2 Å². The fraction of sp³-hybridized carbons (Fsp3) is 0.882. The second-order valence-electron chi connectivity index (χ2n) is 12.9. The summed E-state index contributed by atoms with van der Waals surface area (Å²) >= 11 is 0. The average molecular weight is 608 g/mol. The van der Waals surface area contributed by atoms with Gasteiger partial charge in [0.05, 0.1) is 0 Å². The van der Waals surface area contributed by atoms with Crippen LogP contribution in [0.4, 0.5) is 0 Å². The second kappa shape index (κ2) is 24.2. The van der Waals surface area contributed by atoms with Crippen LogP contribution in [-0.4, -0.2) is 59.7 Å². The number of nitrogens with two attached hydrogens (primary N) is 2. The largest absolute Gasteiger partial charge is 0.368 e. The summed E-state index contributed by atoms with van der Waals surface area (Å²) in [5.74, 6) is -1.47. The fourth-order valence-corrected chi connectivity index (χ4v) is 5.99. The van der Waals surface area contributed by atoms with Gasteiger partial charge in [-0.2, -0.15) is 0 Å². The summed E-state index contributed by atoms with van der Waals surface area (Å²) in [6.07, 6.45) is 22.6. The molecular weight excluding hydrogens is 542 g/mol. The van der Waals surface area contributed by atoms with Crippen LogP contribution in [0.3, 0.4) is 0 Å². The highest BCUT2D eigenvalue weighted by Crippen LogP contribution is 2.21. The number of unbranched alkanes of at least 4 members (excludes halogenated alkanes) is 15. The molecule has 0 aromatic heterocycles. The Morgan fingerprint density at radius 2 is 1.30 bits per heavy atom.